The molecule has 5 aliphatic rings. The van der Waals surface area contributed by atoms with E-state index in [-0.39, 0.29) is 84.0 Å². The van der Waals surface area contributed by atoms with E-state index in [0.717, 1.165) is 44.1 Å². The van der Waals surface area contributed by atoms with Gasteiger partial charge in [-0.25, -0.2) is 0 Å². The Balaban J connectivity index is 1.02. The second kappa shape index (κ2) is 19.9. The van der Waals surface area contributed by atoms with Gasteiger partial charge in [0.15, 0.2) is 0 Å². The van der Waals surface area contributed by atoms with Crippen molar-refractivity contribution in [2.24, 2.45) is 46.3 Å². The minimum Gasteiger partial charge on any atom is -0.480 e. The molecule has 1 heterocycles. The number of aliphatic hydroxyl groups excluding tert-OH is 3. The van der Waals surface area contributed by atoms with Crippen molar-refractivity contribution in [1.29, 1.82) is 0 Å². The Hall–Kier alpha value is -3.18. The van der Waals surface area contributed by atoms with E-state index in [2.05, 4.69) is 36.3 Å². The zero-order valence-electron chi connectivity index (χ0n) is 35.9. The van der Waals surface area contributed by atoms with Gasteiger partial charge in [-0.2, -0.15) is 0 Å². The molecular formula is C45H71N5O10. The van der Waals surface area contributed by atoms with Crippen LogP contribution < -0.4 is 10.6 Å². The van der Waals surface area contributed by atoms with Gasteiger partial charge >= 0.3 is 17.9 Å². The fourth-order valence-electron chi connectivity index (χ4n) is 12.7. The average Bonchev–Trinajstić information content (AvgIpc) is 3.58. The van der Waals surface area contributed by atoms with Gasteiger partial charge in [0.1, 0.15) is 0 Å². The molecule has 1 amide bonds. The summed E-state index contributed by atoms with van der Waals surface area (Å²) in [6.07, 6.45) is 6.19. The van der Waals surface area contributed by atoms with Crippen molar-refractivity contribution in [2.45, 2.75) is 109 Å². The van der Waals surface area contributed by atoms with Gasteiger partial charge in [-0.15, -0.1) is 0 Å². The number of hydrogen-bond donors (Lipinski definition) is 8. The highest BCUT2D eigenvalue weighted by Crippen LogP contribution is 2.68. The van der Waals surface area contributed by atoms with Gasteiger partial charge < -0.3 is 41.3 Å². The molecule has 0 bridgehead atoms. The highest BCUT2D eigenvalue weighted by Gasteiger charge is 2.65. The van der Waals surface area contributed by atoms with Crippen molar-refractivity contribution in [3.05, 3.63) is 29.8 Å². The van der Waals surface area contributed by atoms with Gasteiger partial charge in [0.05, 0.1) is 37.9 Å². The van der Waals surface area contributed by atoms with Crippen LogP contribution in [0.5, 0.6) is 0 Å². The van der Waals surface area contributed by atoms with E-state index in [1.165, 1.54) is 0 Å². The molecule has 1 aliphatic heterocycles. The number of carbonyl (C=O) groups excluding carboxylic acids is 1. The third-order valence-corrected chi connectivity index (χ3v) is 16.0. The summed E-state index contributed by atoms with van der Waals surface area (Å²) in [5, 5.41) is 68.5. The third-order valence-electron chi connectivity index (χ3n) is 16.0. The van der Waals surface area contributed by atoms with E-state index < -0.39 is 30.1 Å². The number of carboxylic acid groups (broad SMARTS) is 3. The standard InChI is InChI=1S/C45H71N5O10/c1-28(34-9-10-35-43-36(23-38(53)45(34,35)3)44(2)13-12-33(51)21-30(44)22-37(43)52)4-11-39(54)47-31-7-5-29(6-8-31)20-32(46-24-40(55)56)25-48-14-16-49(26-41(57)58)18-19-50(17-15-48)27-42(59)60/h5-8,28,30,32-38,43,46,51-53H,4,9-27H2,1-3H3,(H,47,54)(H,55,56)(H,57,58)(H,59,60)/t28?,30?,32?,33-,34?,35?,36?,37?,38+,43?,44+,45-/m1/s1. The first-order chi connectivity index (χ1) is 28.5. The summed E-state index contributed by atoms with van der Waals surface area (Å²) in [5.74, 6) is -1.61. The van der Waals surface area contributed by atoms with Crippen LogP contribution in [-0.4, -0.2) is 159 Å². The van der Waals surface area contributed by atoms with Crippen molar-refractivity contribution in [1.82, 2.24) is 20.0 Å². The molecule has 4 saturated carbocycles. The second-order valence-corrected chi connectivity index (χ2v) is 19.6. The predicted molar refractivity (Wildman–Crippen MR) is 225 cm³/mol. The summed E-state index contributed by atoms with van der Waals surface area (Å²) in [5.41, 5.74) is 1.31. The van der Waals surface area contributed by atoms with E-state index in [1.54, 1.807) is 9.80 Å². The summed E-state index contributed by atoms with van der Waals surface area (Å²) in [6, 6.07) is 7.28. The van der Waals surface area contributed by atoms with Crippen molar-refractivity contribution in [3.63, 3.8) is 0 Å². The van der Waals surface area contributed by atoms with Crippen LogP contribution in [0.15, 0.2) is 24.3 Å². The molecule has 60 heavy (non-hydrogen) atoms. The summed E-state index contributed by atoms with van der Waals surface area (Å²) in [7, 11) is 0. The number of nitrogens with one attached hydrogen (secondary N) is 2. The first-order valence-electron chi connectivity index (χ1n) is 22.4. The first-order valence-corrected chi connectivity index (χ1v) is 22.4. The van der Waals surface area contributed by atoms with Crippen LogP contribution in [0.2, 0.25) is 0 Å². The van der Waals surface area contributed by atoms with Crippen LogP contribution in [0.1, 0.15) is 84.1 Å². The number of benzene rings is 1. The number of nitrogens with zero attached hydrogens (tertiary/aromatic N) is 3. The highest BCUT2D eigenvalue weighted by molar-refractivity contribution is 5.90. The molecular weight excluding hydrogens is 771 g/mol. The molecule has 336 valence electrons. The lowest BCUT2D eigenvalue weighted by atomic mass is 9.43. The smallest absolute Gasteiger partial charge is 0.317 e. The van der Waals surface area contributed by atoms with Gasteiger partial charge in [0.2, 0.25) is 5.91 Å². The van der Waals surface area contributed by atoms with Crippen LogP contribution in [0.4, 0.5) is 5.69 Å². The minimum absolute atomic E-state index is 0.0274. The fourth-order valence-corrected chi connectivity index (χ4v) is 12.7. The molecule has 15 nitrogen and oxygen atoms in total. The lowest BCUT2D eigenvalue weighted by molar-refractivity contribution is -0.207. The topological polar surface area (TPSA) is 223 Å². The Morgan fingerprint density at radius 3 is 2.00 bits per heavy atom. The zero-order chi connectivity index (χ0) is 43.4. The van der Waals surface area contributed by atoms with Crippen LogP contribution >= 0.6 is 0 Å². The Labute approximate surface area is 354 Å². The Bertz CT molecular complexity index is 1620. The Morgan fingerprint density at radius 1 is 0.783 bits per heavy atom. The van der Waals surface area contributed by atoms with Crippen LogP contribution in [0.3, 0.4) is 0 Å². The average molecular weight is 842 g/mol. The lowest BCUT2D eigenvalue weighted by Crippen LogP contribution is -2.62. The molecule has 1 aromatic rings. The molecule has 12 atom stereocenters. The van der Waals surface area contributed by atoms with Crippen LogP contribution in [0, 0.1) is 46.3 Å². The van der Waals surface area contributed by atoms with E-state index in [0.29, 0.717) is 77.2 Å². The number of rotatable bonds is 16. The number of anilines is 1. The maximum atomic E-state index is 13.3. The summed E-state index contributed by atoms with van der Waals surface area (Å²) < 4.78 is 0. The normalized spacial score (nSPS) is 35.1. The number of amides is 1. The molecule has 0 aromatic heterocycles. The van der Waals surface area contributed by atoms with Crippen molar-refractivity contribution in [2.75, 3.05) is 70.8 Å². The molecule has 4 aliphatic carbocycles. The van der Waals surface area contributed by atoms with Crippen molar-refractivity contribution in [3.8, 4) is 0 Å². The zero-order valence-corrected chi connectivity index (χ0v) is 35.9. The van der Waals surface area contributed by atoms with E-state index in [9.17, 15) is 49.8 Å². The summed E-state index contributed by atoms with van der Waals surface area (Å²) in [4.78, 5) is 53.6. The quantitative estimate of drug-likeness (QED) is 0.120. The minimum atomic E-state index is -0.987. The monoisotopic (exact) mass is 842 g/mol. The molecule has 15 heteroatoms. The number of fused-ring (bicyclic) bond motifs is 5. The van der Waals surface area contributed by atoms with Crippen LogP contribution in [0.25, 0.3) is 0 Å². The van der Waals surface area contributed by atoms with Crippen molar-refractivity contribution < 1.29 is 49.8 Å². The maximum absolute atomic E-state index is 13.3. The summed E-state index contributed by atoms with van der Waals surface area (Å²) >= 11 is 0. The van der Waals surface area contributed by atoms with Crippen LogP contribution in [-0.2, 0) is 25.6 Å². The highest BCUT2D eigenvalue weighted by atomic mass is 16.4. The second-order valence-electron chi connectivity index (χ2n) is 19.6. The molecule has 5 fully saturated rings. The molecule has 1 aromatic carbocycles. The Morgan fingerprint density at radius 2 is 1.40 bits per heavy atom. The number of aliphatic hydroxyl groups is 3. The molecule has 0 radical (unpaired) electrons. The van der Waals surface area contributed by atoms with E-state index >= 15 is 0 Å². The molecule has 8 unspecified atom stereocenters. The number of carbonyl (C=O) groups is 4. The maximum Gasteiger partial charge on any atom is 0.317 e. The van der Waals surface area contributed by atoms with Gasteiger partial charge in [-0.3, -0.25) is 33.9 Å². The largest absolute Gasteiger partial charge is 0.480 e. The van der Waals surface area contributed by atoms with E-state index in [1.807, 2.05) is 24.3 Å². The fraction of sp³-hybridized carbons (Fsp3) is 0.778. The van der Waals surface area contributed by atoms with Gasteiger partial charge in [-0.05, 0) is 122 Å². The SMILES string of the molecule is CC(CCC(=O)Nc1ccc(CC(CN2CCN(CC(=O)O)CCN(CC(=O)O)CC2)NCC(=O)O)cc1)C1CCC2C3C(O)CC4C[C@H](O)CC[C@]4(C)C3C[C@H](O)[C@]12C. The number of hydrogen-bond acceptors (Lipinski definition) is 11. The van der Waals surface area contributed by atoms with Crippen molar-refractivity contribution >= 4 is 29.5 Å². The van der Waals surface area contributed by atoms with Gasteiger partial charge in [0.25, 0.3) is 0 Å². The predicted octanol–water partition coefficient (Wildman–Crippen LogP) is 2.68. The molecule has 8 N–H and O–H groups in total. The first kappa shape index (κ1) is 46.3. The Kier molecular flexibility index (Phi) is 15.4. The molecule has 6 rings (SSSR count). The lowest BCUT2D eigenvalue weighted by Gasteiger charge is -2.63. The molecule has 1 saturated heterocycles. The third kappa shape index (κ3) is 10.9. The number of aliphatic carboxylic acids is 3. The van der Waals surface area contributed by atoms with Gasteiger partial charge in [-0.1, -0.05) is 32.9 Å². The number of carboxylic acids is 3. The summed E-state index contributed by atoms with van der Waals surface area (Å²) in [6.45, 7) is 9.63. The van der Waals surface area contributed by atoms with Gasteiger partial charge in [0, 0.05) is 64.0 Å². The van der Waals surface area contributed by atoms with E-state index in [4.69, 9.17) is 0 Å². The molecule has 0 spiro atoms.